The van der Waals surface area contributed by atoms with E-state index in [1.807, 2.05) is 12.1 Å². The fraction of sp³-hybridized carbons (Fsp3) is 0.263. The van der Waals surface area contributed by atoms with E-state index >= 15 is 0 Å². The average Bonchev–Trinajstić information content (AvgIpc) is 2.66. The summed E-state index contributed by atoms with van der Waals surface area (Å²) in [4.78, 5) is 23.8. The first-order valence-corrected chi connectivity index (χ1v) is 9.06. The predicted octanol–water partition coefficient (Wildman–Crippen LogP) is 3.55. The molecule has 8 heteroatoms. The molecule has 0 saturated carbocycles. The molecule has 2 amide bonds. The molecule has 0 fully saturated rings. The second-order valence-corrected chi connectivity index (χ2v) is 6.50. The Kier molecular flexibility index (Phi) is 7.76. The lowest BCUT2D eigenvalue weighted by Crippen LogP contribution is -2.48. The van der Waals surface area contributed by atoms with E-state index < -0.39 is 17.9 Å². The molecule has 144 valence electrons. The zero-order valence-corrected chi connectivity index (χ0v) is 16.4. The second kappa shape index (κ2) is 10.0. The smallest absolute Gasteiger partial charge is 0.279 e. The molecule has 1 unspecified atom stereocenters. The third kappa shape index (κ3) is 6.66. The molecule has 2 N–H and O–H groups in total. The van der Waals surface area contributed by atoms with Crippen LogP contribution in [-0.4, -0.2) is 24.5 Å². The molecule has 0 aromatic heterocycles. The molecule has 6 nitrogen and oxygen atoms in total. The van der Waals surface area contributed by atoms with E-state index in [4.69, 9.17) is 32.7 Å². The van der Waals surface area contributed by atoms with Crippen LogP contribution in [0.4, 0.5) is 0 Å². The van der Waals surface area contributed by atoms with Crippen molar-refractivity contribution in [3.05, 3.63) is 58.1 Å². The van der Waals surface area contributed by atoms with Gasteiger partial charge in [0.15, 0.2) is 12.7 Å². The third-order valence-corrected chi connectivity index (χ3v) is 4.12. The van der Waals surface area contributed by atoms with E-state index in [1.54, 1.807) is 31.2 Å². The van der Waals surface area contributed by atoms with Crippen molar-refractivity contribution in [3.63, 3.8) is 0 Å². The van der Waals surface area contributed by atoms with Crippen molar-refractivity contribution in [1.29, 1.82) is 0 Å². The zero-order chi connectivity index (χ0) is 19.8. The molecular formula is C19H20Cl2N2O4. The molecule has 0 aliphatic rings. The minimum absolute atomic E-state index is 0.287. The normalized spacial score (nSPS) is 11.4. The maximum Gasteiger partial charge on any atom is 0.279 e. The third-order valence-electron chi connectivity index (χ3n) is 3.59. The maximum absolute atomic E-state index is 12.0. The van der Waals surface area contributed by atoms with E-state index in [0.29, 0.717) is 16.5 Å². The van der Waals surface area contributed by atoms with Gasteiger partial charge in [-0.15, -0.1) is 0 Å². The van der Waals surface area contributed by atoms with Gasteiger partial charge in [0.1, 0.15) is 11.5 Å². The molecule has 27 heavy (non-hydrogen) atoms. The van der Waals surface area contributed by atoms with Gasteiger partial charge in [0.05, 0.1) is 5.02 Å². The average molecular weight is 411 g/mol. The monoisotopic (exact) mass is 410 g/mol. The van der Waals surface area contributed by atoms with Crippen LogP contribution >= 0.6 is 23.2 Å². The number of rotatable bonds is 7. The van der Waals surface area contributed by atoms with Crippen LogP contribution in [0.1, 0.15) is 19.4 Å². The van der Waals surface area contributed by atoms with Gasteiger partial charge in [-0.05, 0) is 49.2 Å². The fourth-order valence-corrected chi connectivity index (χ4v) is 2.53. The number of halogens is 2. The van der Waals surface area contributed by atoms with Gasteiger partial charge in [-0.3, -0.25) is 20.4 Å². The molecule has 0 heterocycles. The lowest BCUT2D eigenvalue weighted by Gasteiger charge is -2.15. The van der Waals surface area contributed by atoms with Crippen molar-refractivity contribution in [2.45, 2.75) is 26.4 Å². The van der Waals surface area contributed by atoms with Crippen molar-refractivity contribution in [1.82, 2.24) is 10.9 Å². The molecule has 1 atom stereocenters. The summed E-state index contributed by atoms with van der Waals surface area (Å²) < 4.78 is 10.8. The summed E-state index contributed by atoms with van der Waals surface area (Å²) in [6.45, 7) is 3.31. The molecule has 0 radical (unpaired) electrons. The molecule has 0 spiro atoms. The molecule has 2 aromatic carbocycles. The number of benzene rings is 2. The quantitative estimate of drug-likeness (QED) is 0.684. The van der Waals surface area contributed by atoms with Crippen molar-refractivity contribution < 1.29 is 19.1 Å². The number of nitrogens with one attached hydrogen (secondary N) is 2. The standard InChI is InChI=1S/C19H20Cl2N2O4/c1-3-13-4-7-15(8-5-13)27-12(2)19(25)23-22-18(24)11-26-17-9-6-14(20)10-16(17)21/h4-10,12H,3,11H2,1-2H3,(H,22,24)(H,23,25). The van der Waals surface area contributed by atoms with Crippen LogP contribution in [0, 0.1) is 0 Å². The van der Waals surface area contributed by atoms with Crippen LogP contribution in [0.25, 0.3) is 0 Å². The number of aryl methyl sites for hydroxylation is 1. The van der Waals surface area contributed by atoms with E-state index in [1.165, 1.54) is 11.6 Å². The minimum Gasteiger partial charge on any atom is -0.482 e. The van der Waals surface area contributed by atoms with Crippen LogP contribution in [-0.2, 0) is 16.0 Å². The summed E-state index contributed by atoms with van der Waals surface area (Å²) in [6, 6.07) is 12.1. The molecular weight excluding hydrogens is 391 g/mol. The van der Waals surface area contributed by atoms with Crippen LogP contribution < -0.4 is 20.3 Å². The number of hydrazine groups is 1. The van der Waals surface area contributed by atoms with Gasteiger partial charge in [-0.1, -0.05) is 42.3 Å². The van der Waals surface area contributed by atoms with Gasteiger partial charge in [-0.2, -0.15) is 0 Å². The predicted molar refractivity (Wildman–Crippen MR) is 104 cm³/mol. The summed E-state index contributed by atoms with van der Waals surface area (Å²) >= 11 is 11.7. The van der Waals surface area contributed by atoms with Gasteiger partial charge in [0, 0.05) is 5.02 Å². The Hall–Kier alpha value is -2.44. The first-order chi connectivity index (χ1) is 12.9. The summed E-state index contributed by atoms with van der Waals surface area (Å²) in [7, 11) is 0. The van der Waals surface area contributed by atoms with Crippen molar-refractivity contribution >= 4 is 35.0 Å². The Bertz CT molecular complexity index is 797. The Labute approximate surface area is 167 Å². The molecule has 0 aliphatic carbocycles. The number of hydrogen-bond donors (Lipinski definition) is 2. The van der Waals surface area contributed by atoms with E-state index in [9.17, 15) is 9.59 Å². The fourth-order valence-electron chi connectivity index (χ4n) is 2.07. The van der Waals surface area contributed by atoms with E-state index in [-0.39, 0.29) is 11.6 Å². The van der Waals surface area contributed by atoms with Crippen LogP contribution in [0.2, 0.25) is 10.0 Å². The lowest BCUT2D eigenvalue weighted by atomic mass is 10.2. The summed E-state index contributed by atoms with van der Waals surface area (Å²) in [5.74, 6) is -0.155. The number of carbonyl (C=O) groups is 2. The summed E-state index contributed by atoms with van der Waals surface area (Å²) in [5, 5.41) is 0.748. The topological polar surface area (TPSA) is 76.7 Å². The van der Waals surface area contributed by atoms with Gasteiger partial charge in [0.25, 0.3) is 11.8 Å². The van der Waals surface area contributed by atoms with Crippen LogP contribution in [0.15, 0.2) is 42.5 Å². The highest BCUT2D eigenvalue weighted by atomic mass is 35.5. The van der Waals surface area contributed by atoms with E-state index in [2.05, 4.69) is 17.8 Å². The largest absolute Gasteiger partial charge is 0.482 e. The van der Waals surface area contributed by atoms with Crippen molar-refractivity contribution in [3.8, 4) is 11.5 Å². The minimum atomic E-state index is -0.788. The van der Waals surface area contributed by atoms with Crippen LogP contribution in [0.5, 0.6) is 11.5 Å². The maximum atomic E-state index is 12.0. The van der Waals surface area contributed by atoms with Gasteiger partial charge < -0.3 is 9.47 Å². The van der Waals surface area contributed by atoms with E-state index in [0.717, 1.165) is 6.42 Å². The highest BCUT2D eigenvalue weighted by Gasteiger charge is 2.15. The van der Waals surface area contributed by atoms with Gasteiger partial charge in [-0.25, -0.2) is 0 Å². The summed E-state index contributed by atoms with van der Waals surface area (Å²) in [6.07, 6.45) is 0.135. The van der Waals surface area contributed by atoms with Crippen molar-refractivity contribution in [2.24, 2.45) is 0 Å². The first kappa shape index (κ1) is 20.9. The highest BCUT2D eigenvalue weighted by Crippen LogP contribution is 2.27. The first-order valence-electron chi connectivity index (χ1n) is 8.31. The number of ether oxygens (including phenoxy) is 2. The van der Waals surface area contributed by atoms with Crippen LogP contribution in [0.3, 0.4) is 0 Å². The SMILES string of the molecule is CCc1ccc(OC(C)C(=O)NNC(=O)COc2ccc(Cl)cc2Cl)cc1. The molecule has 0 bridgehead atoms. The zero-order valence-electron chi connectivity index (χ0n) is 14.9. The Morgan fingerprint density at radius 2 is 1.78 bits per heavy atom. The van der Waals surface area contributed by atoms with Gasteiger partial charge in [0.2, 0.25) is 0 Å². The Morgan fingerprint density at radius 1 is 1.07 bits per heavy atom. The Balaban J connectivity index is 1.75. The molecule has 2 aromatic rings. The lowest BCUT2D eigenvalue weighted by molar-refractivity contribution is -0.133. The molecule has 2 rings (SSSR count). The number of carbonyl (C=O) groups excluding carboxylic acids is 2. The number of hydrogen-bond acceptors (Lipinski definition) is 4. The van der Waals surface area contributed by atoms with Crippen molar-refractivity contribution in [2.75, 3.05) is 6.61 Å². The molecule has 0 aliphatic heterocycles. The highest BCUT2D eigenvalue weighted by molar-refractivity contribution is 6.35. The molecule has 0 saturated heterocycles. The Morgan fingerprint density at radius 3 is 2.41 bits per heavy atom. The second-order valence-electron chi connectivity index (χ2n) is 5.66. The summed E-state index contributed by atoms with van der Waals surface area (Å²) in [5.41, 5.74) is 5.72. The van der Waals surface area contributed by atoms with Gasteiger partial charge >= 0.3 is 0 Å². The number of amides is 2.